The third-order valence-corrected chi connectivity index (χ3v) is 5.93. The minimum absolute atomic E-state index is 0.0970. The van der Waals surface area contributed by atoms with Gasteiger partial charge in [-0.1, -0.05) is 0 Å². The lowest BCUT2D eigenvalue weighted by Crippen LogP contribution is -2.28. The Balaban J connectivity index is 1.96. The molecule has 0 saturated heterocycles. The van der Waals surface area contributed by atoms with Crippen LogP contribution in [0, 0.1) is 0 Å². The predicted octanol–water partition coefficient (Wildman–Crippen LogP) is 1.33. The molecule has 0 heterocycles. The van der Waals surface area contributed by atoms with Crippen LogP contribution in [0.4, 0.5) is 0 Å². The van der Waals surface area contributed by atoms with Crippen molar-refractivity contribution >= 4 is 19.9 Å². The van der Waals surface area contributed by atoms with Gasteiger partial charge in [-0.3, -0.25) is 0 Å². The largest absolute Gasteiger partial charge is 0.490 e. The number of benzene rings is 1. The van der Waals surface area contributed by atoms with Crippen molar-refractivity contribution in [3.63, 3.8) is 0 Å². The molecule has 1 fully saturated rings. The van der Waals surface area contributed by atoms with E-state index in [4.69, 9.17) is 4.74 Å². The number of sulfone groups is 1. The second-order valence-electron chi connectivity index (χ2n) is 5.52. The van der Waals surface area contributed by atoms with Gasteiger partial charge in [0, 0.05) is 12.8 Å². The number of sulfonamides is 1. The van der Waals surface area contributed by atoms with E-state index in [0.29, 0.717) is 5.75 Å². The molecule has 2 rings (SSSR count). The highest BCUT2D eigenvalue weighted by Crippen LogP contribution is 2.24. The van der Waals surface area contributed by atoms with E-state index in [1.807, 2.05) is 0 Å². The first kappa shape index (κ1) is 17.2. The van der Waals surface area contributed by atoms with Crippen molar-refractivity contribution in [3.8, 4) is 5.75 Å². The molecule has 0 unspecified atom stereocenters. The monoisotopic (exact) mass is 347 g/mol. The van der Waals surface area contributed by atoms with Crippen LogP contribution in [-0.4, -0.2) is 41.5 Å². The van der Waals surface area contributed by atoms with Crippen molar-refractivity contribution in [2.45, 2.75) is 36.7 Å². The molecule has 0 atom stereocenters. The average Bonchev–Trinajstić information content (AvgIpc) is 2.90. The van der Waals surface area contributed by atoms with Gasteiger partial charge in [0.1, 0.15) is 15.6 Å². The first-order chi connectivity index (χ1) is 10.3. The smallest absolute Gasteiger partial charge is 0.240 e. The van der Waals surface area contributed by atoms with Gasteiger partial charge >= 0.3 is 0 Å². The van der Waals surface area contributed by atoms with Gasteiger partial charge in [-0.2, -0.15) is 0 Å². The maximum absolute atomic E-state index is 12.0. The van der Waals surface area contributed by atoms with Crippen molar-refractivity contribution in [2.75, 3.05) is 18.6 Å². The molecule has 1 aliphatic carbocycles. The standard InChI is InChI=1S/C14H21NO5S2/c1-21(16,17)11-10-15-22(18,19)14-8-6-13(7-9-14)20-12-4-2-3-5-12/h6-9,12,15H,2-5,10-11H2,1H3. The van der Waals surface area contributed by atoms with E-state index in [1.165, 1.54) is 25.0 Å². The van der Waals surface area contributed by atoms with Gasteiger partial charge in [0.05, 0.1) is 16.8 Å². The van der Waals surface area contributed by atoms with Crippen LogP contribution >= 0.6 is 0 Å². The third-order valence-electron chi connectivity index (χ3n) is 3.50. The molecule has 1 N–H and O–H groups in total. The van der Waals surface area contributed by atoms with Crippen LogP contribution in [0.3, 0.4) is 0 Å². The molecule has 22 heavy (non-hydrogen) atoms. The Labute approximate surface area is 131 Å². The normalized spacial score (nSPS) is 16.8. The van der Waals surface area contributed by atoms with Crippen molar-refractivity contribution < 1.29 is 21.6 Å². The molecule has 0 bridgehead atoms. The fourth-order valence-electron chi connectivity index (χ4n) is 2.34. The molecular weight excluding hydrogens is 326 g/mol. The molecule has 0 amide bonds. The zero-order chi connectivity index (χ0) is 16.2. The van der Waals surface area contributed by atoms with Gasteiger partial charge < -0.3 is 4.74 Å². The molecule has 6 nitrogen and oxygen atoms in total. The molecule has 124 valence electrons. The lowest BCUT2D eigenvalue weighted by Gasteiger charge is -2.13. The second-order valence-corrected chi connectivity index (χ2v) is 9.55. The Morgan fingerprint density at radius 3 is 2.23 bits per heavy atom. The van der Waals surface area contributed by atoms with E-state index in [2.05, 4.69) is 4.72 Å². The SMILES string of the molecule is CS(=O)(=O)CCNS(=O)(=O)c1ccc(OC2CCCC2)cc1. The highest BCUT2D eigenvalue weighted by Gasteiger charge is 2.18. The van der Waals surface area contributed by atoms with Gasteiger partial charge in [0.2, 0.25) is 10.0 Å². The van der Waals surface area contributed by atoms with Crippen LogP contribution in [-0.2, 0) is 19.9 Å². The fraction of sp³-hybridized carbons (Fsp3) is 0.571. The van der Waals surface area contributed by atoms with E-state index >= 15 is 0 Å². The summed E-state index contributed by atoms with van der Waals surface area (Å²) in [5.41, 5.74) is 0. The lowest BCUT2D eigenvalue weighted by atomic mass is 10.3. The van der Waals surface area contributed by atoms with E-state index in [1.54, 1.807) is 12.1 Å². The van der Waals surface area contributed by atoms with Crippen LogP contribution in [0.5, 0.6) is 5.75 Å². The molecule has 8 heteroatoms. The van der Waals surface area contributed by atoms with Crippen molar-refractivity contribution in [1.82, 2.24) is 4.72 Å². The quantitative estimate of drug-likeness (QED) is 0.804. The summed E-state index contributed by atoms with van der Waals surface area (Å²) in [5, 5.41) is 0. The Kier molecular flexibility index (Phi) is 5.46. The maximum atomic E-state index is 12.0. The van der Waals surface area contributed by atoms with E-state index in [-0.39, 0.29) is 23.3 Å². The highest BCUT2D eigenvalue weighted by atomic mass is 32.2. The highest BCUT2D eigenvalue weighted by molar-refractivity contribution is 7.91. The number of hydrogen-bond donors (Lipinski definition) is 1. The zero-order valence-corrected chi connectivity index (χ0v) is 14.1. The molecule has 1 aromatic carbocycles. The number of ether oxygens (including phenoxy) is 1. The van der Waals surface area contributed by atoms with Crippen LogP contribution in [0.25, 0.3) is 0 Å². The molecule has 0 aliphatic heterocycles. The number of hydrogen-bond acceptors (Lipinski definition) is 5. The van der Waals surface area contributed by atoms with E-state index in [0.717, 1.165) is 19.1 Å². The third kappa shape index (κ3) is 5.26. The first-order valence-electron chi connectivity index (χ1n) is 7.20. The second kappa shape index (κ2) is 6.97. The van der Waals surface area contributed by atoms with Crippen LogP contribution in [0.15, 0.2) is 29.2 Å². The lowest BCUT2D eigenvalue weighted by molar-refractivity contribution is 0.210. The predicted molar refractivity (Wildman–Crippen MR) is 84.2 cm³/mol. The maximum Gasteiger partial charge on any atom is 0.240 e. The summed E-state index contributed by atoms with van der Waals surface area (Å²) in [4.78, 5) is 0.0970. The minimum atomic E-state index is -3.70. The Bertz CT molecular complexity index is 689. The summed E-state index contributed by atoms with van der Waals surface area (Å²) in [7, 11) is -6.89. The zero-order valence-electron chi connectivity index (χ0n) is 12.5. The fourth-order valence-corrected chi connectivity index (χ4v) is 3.97. The summed E-state index contributed by atoms with van der Waals surface area (Å²) < 4.78 is 54.1. The van der Waals surface area contributed by atoms with Crippen LogP contribution < -0.4 is 9.46 Å². The molecular formula is C14H21NO5S2. The summed E-state index contributed by atoms with van der Waals surface area (Å²) in [6.07, 6.45) is 5.69. The van der Waals surface area contributed by atoms with Gasteiger partial charge in [0.15, 0.2) is 0 Å². The number of nitrogens with one attached hydrogen (secondary N) is 1. The average molecular weight is 347 g/mol. The van der Waals surface area contributed by atoms with Gasteiger partial charge in [0.25, 0.3) is 0 Å². The Hall–Kier alpha value is -1.12. The Morgan fingerprint density at radius 1 is 1.09 bits per heavy atom. The van der Waals surface area contributed by atoms with Gasteiger partial charge in [-0.15, -0.1) is 0 Å². The minimum Gasteiger partial charge on any atom is -0.490 e. The number of rotatable bonds is 7. The van der Waals surface area contributed by atoms with Crippen molar-refractivity contribution in [1.29, 1.82) is 0 Å². The van der Waals surface area contributed by atoms with Gasteiger partial charge in [-0.25, -0.2) is 21.6 Å². The van der Waals surface area contributed by atoms with Gasteiger partial charge in [-0.05, 0) is 49.9 Å². The van der Waals surface area contributed by atoms with E-state index in [9.17, 15) is 16.8 Å². The molecule has 0 spiro atoms. The molecule has 1 aromatic rings. The summed E-state index contributed by atoms with van der Waals surface area (Å²) in [6.45, 7) is -0.137. The topological polar surface area (TPSA) is 89.5 Å². The molecule has 0 aromatic heterocycles. The molecule has 1 saturated carbocycles. The molecule has 1 aliphatic rings. The van der Waals surface area contributed by atoms with Crippen LogP contribution in [0.1, 0.15) is 25.7 Å². The van der Waals surface area contributed by atoms with E-state index < -0.39 is 19.9 Å². The molecule has 0 radical (unpaired) electrons. The summed E-state index contributed by atoms with van der Waals surface area (Å²) >= 11 is 0. The van der Waals surface area contributed by atoms with Crippen molar-refractivity contribution in [3.05, 3.63) is 24.3 Å². The van der Waals surface area contributed by atoms with Crippen LogP contribution in [0.2, 0.25) is 0 Å². The first-order valence-corrected chi connectivity index (χ1v) is 10.7. The van der Waals surface area contributed by atoms with Crippen molar-refractivity contribution in [2.24, 2.45) is 0 Å². The summed E-state index contributed by atoms with van der Waals surface area (Å²) in [5.74, 6) is 0.428. The Morgan fingerprint density at radius 2 is 1.68 bits per heavy atom. The summed E-state index contributed by atoms with van der Waals surface area (Å²) in [6, 6.07) is 6.19.